The van der Waals surface area contributed by atoms with Crippen molar-refractivity contribution < 1.29 is 9.18 Å². The molecule has 6 nitrogen and oxygen atoms in total. The molecule has 0 atom stereocenters. The predicted molar refractivity (Wildman–Crippen MR) is 67.7 cm³/mol. The lowest BCUT2D eigenvalue weighted by atomic mass is 10.2. The van der Waals surface area contributed by atoms with Crippen molar-refractivity contribution in [2.75, 3.05) is 5.32 Å². The molecule has 0 bridgehead atoms. The van der Waals surface area contributed by atoms with E-state index in [9.17, 15) is 9.18 Å². The molecular weight excluding hydrogens is 249 g/mol. The number of benzene rings is 1. The number of rotatable bonds is 4. The van der Waals surface area contributed by atoms with Gasteiger partial charge in [0.1, 0.15) is 12.4 Å². The van der Waals surface area contributed by atoms with E-state index in [1.54, 1.807) is 25.3 Å². The standard InChI is InChI=1S/C12H14FN5O/c1-8-10(13)3-2-4-11(8)15-12(19)7-18-6-9(5-14)16-17-18/h2-4,6H,5,7,14H2,1H3,(H,15,19). The van der Waals surface area contributed by atoms with Crippen molar-refractivity contribution in [1.29, 1.82) is 0 Å². The molecule has 100 valence electrons. The first-order chi connectivity index (χ1) is 9.10. The molecule has 0 fully saturated rings. The van der Waals surface area contributed by atoms with E-state index in [4.69, 9.17) is 5.73 Å². The summed E-state index contributed by atoms with van der Waals surface area (Å²) in [6.07, 6.45) is 1.60. The Kier molecular flexibility index (Phi) is 3.86. The number of nitrogens with one attached hydrogen (secondary N) is 1. The Morgan fingerprint density at radius 1 is 1.53 bits per heavy atom. The summed E-state index contributed by atoms with van der Waals surface area (Å²) in [5, 5.41) is 10.2. The zero-order chi connectivity index (χ0) is 13.8. The van der Waals surface area contributed by atoms with Crippen LogP contribution in [0.5, 0.6) is 0 Å². The molecule has 0 spiro atoms. The lowest BCUT2D eigenvalue weighted by Gasteiger charge is -2.08. The summed E-state index contributed by atoms with van der Waals surface area (Å²) in [5.74, 6) is -0.661. The van der Waals surface area contributed by atoms with Crippen LogP contribution in [0, 0.1) is 12.7 Å². The third kappa shape index (κ3) is 3.14. The van der Waals surface area contributed by atoms with Crippen molar-refractivity contribution in [2.24, 2.45) is 5.73 Å². The number of nitrogens with zero attached hydrogens (tertiary/aromatic N) is 3. The van der Waals surface area contributed by atoms with E-state index in [0.29, 0.717) is 16.9 Å². The van der Waals surface area contributed by atoms with Gasteiger partial charge in [-0.05, 0) is 19.1 Å². The Bertz CT molecular complexity index is 596. The number of anilines is 1. The number of nitrogens with two attached hydrogens (primary N) is 1. The zero-order valence-electron chi connectivity index (χ0n) is 10.4. The zero-order valence-corrected chi connectivity index (χ0v) is 10.4. The lowest BCUT2D eigenvalue weighted by Crippen LogP contribution is -2.19. The van der Waals surface area contributed by atoms with E-state index in [1.807, 2.05) is 0 Å². The van der Waals surface area contributed by atoms with Gasteiger partial charge in [-0.15, -0.1) is 5.10 Å². The van der Waals surface area contributed by atoms with Crippen molar-refractivity contribution in [3.63, 3.8) is 0 Å². The molecule has 1 amide bonds. The van der Waals surface area contributed by atoms with Crippen molar-refractivity contribution in [3.05, 3.63) is 41.5 Å². The summed E-state index contributed by atoms with van der Waals surface area (Å²) in [4.78, 5) is 11.8. The molecule has 1 aromatic carbocycles. The van der Waals surface area contributed by atoms with Crippen LogP contribution in [0.3, 0.4) is 0 Å². The topological polar surface area (TPSA) is 85.8 Å². The predicted octanol–water partition coefficient (Wildman–Crippen LogP) is 0.823. The van der Waals surface area contributed by atoms with Crippen LogP contribution in [0.2, 0.25) is 0 Å². The Balaban J connectivity index is 2.03. The fourth-order valence-electron chi connectivity index (χ4n) is 1.59. The van der Waals surface area contributed by atoms with Crippen LogP contribution >= 0.6 is 0 Å². The first kappa shape index (κ1) is 13.2. The van der Waals surface area contributed by atoms with Gasteiger partial charge in [0.25, 0.3) is 0 Å². The van der Waals surface area contributed by atoms with Gasteiger partial charge < -0.3 is 11.1 Å². The molecule has 0 radical (unpaired) electrons. The Hall–Kier alpha value is -2.28. The van der Waals surface area contributed by atoms with Gasteiger partial charge in [-0.25, -0.2) is 9.07 Å². The smallest absolute Gasteiger partial charge is 0.246 e. The molecule has 2 rings (SSSR count). The van der Waals surface area contributed by atoms with Crippen molar-refractivity contribution >= 4 is 11.6 Å². The Labute approximate surface area is 109 Å². The molecule has 0 aliphatic carbocycles. The maximum Gasteiger partial charge on any atom is 0.246 e. The maximum atomic E-state index is 13.3. The third-order valence-corrected chi connectivity index (χ3v) is 2.64. The molecule has 0 unspecified atom stereocenters. The highest BCUT2D eigenvalue weighted by molar-refractivity contribution is 5.91. The van der Waals surface area contributed by atoms with Crippen LogP contribution in [-0.4, -0.2) is 20.9 Å². The second kappa shape index (κ2) is 5.57. The molecule has 0 aliphatic heterocycles. The van der Waals surface area contributed by atoms with E-state index in [-0.39, 0.29) is 24.8 Å². The van der Waals surface area contributed by atoms with Gasteiger partial charge in [0.15, 0.2) is 0 Å². The second-order valence-electron chi connectivity index (χ2n) is 4.07. The van der Waals surface area contributed by atoms with E-state index in [2.05, 4.69) is 15.6 Å². The fraction of sp³-hybridized carbons (Fsp3) is 0.250. The minimum Gasteiger partial charge on any atom is -0.325 e. The molecule has 1 aromatic heterocycles. The van der Waals surface area contributed by atoms with E-state index in [0.717, 1.165) is 0 Å². The van der Waals surface area contributed by atoms with E-state index < -0.39 is 0 Å². The van der Waals surface area contributed by atoms with Gasteiger partial charge in [0.2, 0.25) is 5.91 Å². The van der Waals surface area contributed by atoms with E-state index >= 15 is 0 Å². The molecule has 0 saturated carbocycles. The molecule has 0 saturated heterocycles. The SMILES string of the molecule is Cc1c(F)cccc1NC(=O)Cn1cc(CN)nn1. The first-order valence-electron chi connectivity index (χ1n) is 5.74. The maximum absolute atomic E-state index is 13.3. The van der Waals surface area contributed by atoms with Crippen LogP contribution in [0.1, 0.15) is 11.3 Å². The van der Waals surface area contributed by atoms with Crippen LogP contribution in [0.4, 0.5) is 10.1 Å². The van der Waals surface area contributed by atoms with Gasteiger partial charge in [0, 0.05) is 17.8 Å². The number of hydrogen-bond donors (Lipinski definition) is 2. The number of halogens is 1. The average molecular weight is 263 g/mol. The monoisotopic (exact) mass is 263 g/mol. The van der Waals surface area contributed by atoms with Crippen molar-refractivity contribution in [1.82, 2.24) is 15.0 Å². The van der Waals surface area contributed by atoms with Gasteiger partial charge in [0.05, 0.1) is 11.9 Å². The van der Waals surface area contributed by atoms with E-state index in [1.165, 1.54) is 10.7 Å². The normalized spacial score (nSPS) is 10.5. The highest BCUT2D eigenvalue weighted by Crippen LogP contribution is 2.17. The highest BCUT2D eigenvalue weighted by atomic mass is 19.1. The summed E-state index contributed by atoms with van der Waals surface area (Å²) in [5.41, 5.74) is 6.85. The molecule has 19 heavy (non-hydrogen) atoms. The molecule has 1 heterocycles. The van der Waals surface area contributed by atoms with Crippen LogP contribution in [0.25, 0.3) is 0 Å². The number of aromatic nitrogens is 3. The summed E-state index contributed by atoms with van der Waals surface area (Å²) in [7, 11) is 0. The Morgan fingerprint density at radius 3 is 3.00 bits per heavy atom. The molecule has 3 N–H and O–H groups in total. The van der Waals surface area contributed by atoms with Crippen LogP contribution < -0.4 is 11.1 Å². The highest BCUT2D eigenvalue weighted by Gasteiger charge is 2.09. The fourth-order valence-corrected chi connectivity index (χ4v) is 1.59. The van der Waals surface area contributed by atoms with Crippen molar-refractivity contribution in [3.8, 4) is 0 Å². The average Bonchev–Trinajstić information content (AvgIpc) is 2.82. The number of hydrogen-bond acceptors (Lipinski definition) is 4. The summed E-state index contributed by atoms with van der Waals surface area (Å²) in [6, 6.07) is 4.53. The van der Waals surface area contributed by atoms with Gasteiger partial charge >= 0.3 is 0 Å². The molecule has 0 aliphatic rings. The van der Waals surface area contributed by atoms with Crippen molar-refractivity contribution in [2.45, 2.75) is 20.0 Å². The number of carbonyl (C=O) groups is 1. The second-order valence-corrected chi connectivity index (χ2v) is 4.07. The minimum atomic E-state index is -0.357. The van der Waals surface area contributed by atoms with Crippen LogP contribution in [-0.2, 0) is 17.9 Å². The largest absolute Gasteiger partial charge is 0.325 e. The third-order valence-electron chi connectivity index (χ3n) is 2.64. The minimum absolute atomic E-state index is 0.00293. The molecule has 2 aromatic rings. The summed E-state index contributed by atoms with van der Waals surface area (Å²) < 4.78 is 14.7. The van der Waals surface area contributed by atoms with Gasteiger partial charge in [-0.1, -0.05) is 11.3 Å². The Morgan fingerprint density at radius 2 is 2.32 bits per heavy atom. The van der Waals surface area contributed by atoms with Gasteiger partial charge in [-0.2, -0.15) is 0 Å². The molecular formula is C12H14FN5O. The summed E-state index contributed by atoms with van der Waals surface area (Å²) in [6.45, 7) is 1.88. The summed E-state index contributed by atoms with van der Waals surface area (Å²) >= 11 is 0. The molecule has 7 heteroatoms. The van der Waals surface area contributed by atoms with Gasteiger partial charge in [-0.3, -0.25) is 4.79 Å². The number of carbonyl (C=O) groups excluding carboxylic acids is 1. The first-order valence-corrected chi connectivity index (χ1v) is 5.74. The number of amides is 1. The lowest BCUT2D eigenvalue weighted by molar-refractivity contribution is -0.116. The van der Waals surface area contributed by atoms with Crippen LogP contribution in [0.15, 0.2) is 24.4 Å². The quantitative estimate of drug-likeness (QED) is 0.855.